The highest BCUT2D eigenvalue weighted by Gasteiger charge is 2.24. The molecule has 106 valence electrons. The number of benzene rings is 1. The molecule has 0 bridgehead atoms. The number of hydrogen-bond acceptors (Lipinski definition) is 3. The maximum atomic E-state index is 14.0. The maximum absolute atomic E-state index is 14.0. The van der Waals surface area contributed by atoms with Gasteiger partial charge >= 0.3 is 0 Å². The summed E-state index contributed by atoms with van der Waals surface area (Å²) in [6.45, 7) is 3.55. The van der Waals surface area contributed by atoms with Crippen LogP contribution in [-0.2, 0) is 4.74 Å². The number of nitrogens with zero attached hydrogens (tertiary/aromatic N) is 1. The Morgan fingerprint density at radius 3 is 3.05 bits per heavy atom. The van der Waals surface area contributed by atoms with Gasteiger partial charge in [0.1, 0.15) is 5.82 Å². The molecule has 1 saturated heterocycles. The highest BCUT2D eigenvalue weighted by atomic mass is 19.1. The second kappa shape index (κ2) is 6.51. The lowest BCUT2D eigenvalue weighted by Crippen LogP contribution is -2.44. The third kappa shape index (κ3) is 3.35. The topological polar surface area (TPSA) is 55.6 Å². The number of carbonyl (C=O) groups excluding carboxylic acids is 1. The average Bonchev–Trinajstić information content (AvgIpc) is 2.44. The van der Waals surface area contributed by atoms with E-state index in [1.165, 1.54) is 12.1 Å². The first-order valence-corrected chi connectivity index (χ1v) is 6.51. The first kappa shape index (κ1) is 14.5. The monoisotopic (exact) mass is 276 g/mol. The van der Waals surface area contributed by atoms with Crippen molar-refractivity contribution in [2.45, 2.75) is 13.0 Å². The normalized spacial score (nSPS) is 18.4. The highest BCUT2D eigenvalue weighted by Crippen LogP contribution is 2.15. The fraction of sp³-hybridized carbons (Fsp3) is 0.400. The molecule has 1 fully saturated rings. The molecule has 1 heterocycles. The quantitative estimate of drug-likeness (QED) is 0.778. The minimum atomic E-state index is -0.557. The molecule has 0 saturated carbocycles. The van der Waals surface area contributed by atoms with Crippen LogP contribution in [0.4, 0.5) is 4.39 Å². The molecule has 1 atom stereocenters. The molecular weight excluding hydrogens is 259 g/mol. The van der Waals surface area contributed by atoms with Crippen molar-refractivity contribution >= 4 is 5.91 Å². The average molecular weight is 276 g/mol. The number of carbonyl (C=O) groups is 1. The van der Waals surface area contributed by atoms with Crippen LogP contribution < -0.4 is 5.73 Å². The summed E-state index contributed by atoms with van der Waals surface area (Å²) in [7, 11) is 0. The van der Waals surface area contributed by atoms with Gasteiger partial charge in [-0.3, -0.25) is 4.79 Å². The summed E-state index contributed by atoms with van der Waals surface area (Å²) in [6.07, 6.45) is -0.0227. The molecule has 1 aromatic rings. The number of ether oxygens (including phenoxy) is 1. The first-order valence-electron chi connectivity index (χ1n) is 6.51. The summed E-state index contributed by atoms with van der Waals surface area (Å²) in [5, 5.41) is 0. The van der Waals surface area contributed by atoms with Gasteiger partial charge < -0.3 is 15.4 Å². The summed E-state index contributed by atoms with van der Waals surface area (Å²) in [5.74, 6) is 4.52. The number of rotatable bonds is 1. The smallest absolute Gasteiger partial charge is 0.256 e. The van der Waals surface area contributed by atoms with E-state index < -0.39 is 5.82 Å². The van der Waals surface area contributed by atoms with Crippen molar-refractivity contribution in [2.75, 3.05) is 26.2 Å². The predicted octanol–water partition coefficient (Wildman–Crippen LogP) is 0.997. The van der Waals surface area contributed by atoms with Crippen molar-refractivity contribution in [3.05, 3.63) is 35.1 Å². The molecule has 1 aromatic carbocycles. The molecule has 0 radical (unpaired) electrons. The van der Waals surface area contributed by atoms with Gasteiger partial charge in [0.05, 0.1) is 24.8 Å². The molecule has 0 spiro atoms. The van der Waals surface area contributed by atoms with Crippen LogP contribution in [0.3, 0.4) is 0 Å². The van der Waals surface area contributed by atoms with Gasteiger partial charge in [-0.2, -0.15) is 0 Å². The third-order valence-corrected chi connectivity index (χ3v) is 3.06. The maximum Gasteiger partial charge on any atom is 0.256 e. The first-order chi connectivity index (χ1) is 9.61. The lowest BCUT2D eigenvalue weighted by molar-refractivity contribution is -0.0125. The molecule has 2 rings (SSSR count). The molecule has 2 N–H and O–H groups in total. The largest absolute Gasteiger partial charge is 0.375 e. The van der Waals surface area contributed by atoms with Crippen molar-refractivity contribution < 1.29 is 13.9 Å². The molecule has 1 unspecified atom stereocenters. The zero-order valence-electron chi connectivity index (χ0n) is 11.4. The Bertz CT molecular complexity index is 563. The summed E-state index contributed by atoms with van der Waals surface area (Å²) < 4.78 is 19.4. The molecule has 1 aliphatic heterocycles. The van der Waals surface area contributed by atoms with Crippen LogP contribution in [0, 0.1) is 17.7 Å². The van der Waals surface area contributed by atoms with E-state index in [1.807, 2.05) is 6.92 Å². The van der Waals surface area contributed by atoms with Crippen molar-refractivity contribution in [3.8, 4) is 11.8 Å². The molecule has 1 aliphatic rings. The predicted molar refractivity (Wildman–Crippen MR) is 73.6 cm³/mol. The Hall–Kier alpha value is -1.90. The molecule has 20 heavy (non-hydrogen) atoms. The van der Waals surface area contributed by atoms with Gasteiger partial charge in [0.25, 0.3) is 5.91 Å². The standard InChI is InChI=1S/C15H17FN2O2/c1-11-10-18(7-8-20-11)15(19)13-5-4-12(3-2-6-17)9-14(13)16/h4-5,9,11H,6-8,10,17H2,1H3. The van der Waals surface area contributed by atoms with Gasteiger partial charge in [0.15, 0.2) is 0 Å². The van der Waals surface area contributed by atoms with E-state index in [0.717, 1.165) is 0 Å². The fourth-order valence-corrected chi connectivity index (χ4v) is 2.09. The minimum Gasteiger partial charge on any atom is -0.375 e. The number of halogens is 1. The van der Waals surface area contributed by atoms with Gasteiger partial charge in [-0.25, -0.2) is 4.39 Å². The van der Waals surface area contributed by atoms with E-state index in [-0.39, 0.29) is 24.1 Å². The van der Waals surface area contributed by atoms with Crippen LogP contribution in [0.1, 0.15) is 22.8 Å². The Labute approximate surface area is 117 Å². The highest BCUT2D eigenvalue weighted by molar-refractivity contribution is 5.94. The van der Waals surface area contributed by atoms with E-state index >= 15 is 0 Å². The molecule has 5 heteroatoms. The number of amides is 1. The Kier molecular flexibility index (Phi) is 4.72. The van der Waals surface area contributed by atoms with Crippen LogP contribution in [0.25, 0.3) is 0 Å². The zero-order chi connectivity index (χ0) is 14.5. The Morgan fingerprint density at radius 2 is 2.40 bits per heavy atom. The van der Waals surface area contributed by atoms with E-state index in [0.29, 0.717) is 25.3 Å². The van der Waals surface area contributed by atoms with Crippen LogP contribution in [0.15, 0.2) is 18.2 Å². The second-order valence-electron chi connectivity index (χ2n) is 4.63. The molecule has 1 amide bonds. The van der Waals surface area contributed by atoms with Gasteiger partial charge in [-0.05, 0) is 25.1 Å². The van der Waals surface area contributed by atoms with Gasteiger partial charge in [-0.15, -0.1) is 0 Å². The Morgan fingerprint density at radius 1 is 1.60 bits per heavy atom. The summed E-state index contributed by atoms with van der Waals surface area (Å²) in [4.78, 5) is 13.9. The molecule has 0 aromatic heterocycles. The van der Waals surface area contributed by atoms with Crippen LogP contribution in [0.2, 0.25) is 0 Å². The lowest BCUT2D eigenvalue weighted by atomic mass is 10.1. The van der Waals surface area contributed by atoms with E-state index in [2.05, 4.69) is 11.8 Å². The Balaban J connectivity index is 2.17. The second-order valence-corrected chi connectivity index (χ2v) is 4.63. The lowest BCUT2D eigenvalue weighted by Gasteiger charge is -2.31. The fourth-order valence-electron chi connectivity index (χ4n) is 2.09. The zero-order valence-corrected chi connectivity index (χ0v) is 11.4. The van der Waals surface area contributed by atoms with E-state index in [4.69, 9.17) is 10.5 Å². The third-order valence-electron chi connectivity index (χ3n) is 3.06. The summed E-state index contributed by atoms with van der Waals surface area (Å²) in [5.41, 5.74) is 5.84. The number of hydrogen-bond donors (Lipinski definition) is 1. The van der Waals surface area contributed by atoms with Gasteiger partial charge in [-0.1, -0.05) is 11.8 Å². The minimum absolute atomic E-state index is 0.0227. The van der Waals surface area contributed by atoms with Crippen LogP contribution in [-0.4, -0.2) is 43.2 Å². The molecular formula is C15H17FN2O2. The number of morpholine rings is 1. The van der Waals surface area contributed by atoms with Crippen molar-refractivity contribution in [1.29, 1.82) is 0 Å². The summed E-state index contributed by atoms with van der Waals surface area (Å²) >= 11 is 0. The SMILES string of the molecule is CC1CN(C(=O)c2ccc(C#CCN)cc2F)CCO1. The number of nitrogens with two attached hydrogens (primary N) is 1. The van der Waals surface area contributed by atoms with Crippen LogP contribution in [0.5, 0.6) is 0 Å². The van der Waals surface area contributed by atoms with Crippen molar-refractivity contribution in [2.24, 2.45) is 5.73 Å². The van der Waals surface area contributed by atoms with Gasteiger partial charge in [0.2, 0.25) is 0 Å². The van der Waals surface area contributed by atoms with Crippen molar-refractivity contribution in [3.63, 3.8) is 0 Å². The van der Waals surface area contributed by atoms with E-state index in [9.17, 15) is 9.18 Å². The van der Waals surface area contributed by atoms with Gasteiger partial charge in [0, 0.05) is 18.7 Å². The van der Waals surface area contributed by atoms with Crippen molar-refractivity contribution in [1.82, 2.24) is 4.90 Å². The molecule has 0 aliphatic carbocycles. The van der Waals surface area contributed by atoms with Crippen LogP contribution >= 0.6 is 0 Å². The molecule has 4 nitrogen and oxygen atoms in total. The summed E-state index contributed by atoms with van der Waals surface area (Å²) in [6, 6.07) is 4.36. The van der Waals surface area contributed by atoms with E-state index in [1.54, 1.807) is 11.0 Å².